The van der Waals surface area contributed by atoms with Crippen molar-refractivity contribution in [3.05, 3.63) is 135 Å². The van der Waals surface area contributed by atoms with Crippen molar-refractivity contribution >= 4 is 40.7 Å². The molecule has 0 aromatic heterocycles. The van der Waals surface area contributed by atoms with Gasteiger partial charge in [-0.25, -0.2) is 4.79 Å². The number of nitro groups is 1. The van der Waals surface area contributed by atoms with Crippen molar-refractivity contribution in [2.45, 2.75) is 23.6 Å². The van der Waals surface area contributed by atoms with E-state index in [1.807, 2.05) is 30.3 Å². The van der Waals surface area contributed by atoms with E-state index in [9.17, 15) is 24.5 Å². The third kappa shape index (κ3) is 6.71. The fraction of sp³-hybridized carbons (Fsp3) is 0.0667. The molecular formula is C30H22N2O6S. The van der Waals surface area contributed by atoms with Gasteiger partial charge in [0.25, 0.3) is 5.69 Å². The maximum Gasteiger partial charge on any atom is 0.332 e. The molecule has 4 aromatic carbocycles. The Labute approximate surface area is 228 Å². The first-order chi connectivity index (χ1) is 18.7. The zero-order valence-electron chi connectivity index (χ0n) is 21.0. The van der Waals surface area contributed by atoms with E-state index >= 15 is 0 Å². The Morgan fingerprint density at radius 3 is 1.92 bits per heavy atom. The number of aryl methyl sites for hydroxylation is 1. The maximum absolute atomic E-state index is 13.3. The SMILES string of the molecule is CC(=O)O/N=C(/C(=O)c1ccc(Sc2ccc(C(=O)c3ccccc3)cc2)cc1)c1cc([N+](=O)[O-])ccc1C. The van der Waals surface area contributed by atoms with Gasteiger partial charge >= 0.3 is 5.97 Å². The lowest BCUT2D eigenvalue weighted by molar-refractivity contribution is -0.384. The zero-order valence-corrected chi connectivity index (χ0v) is 21.8. The largest absolute Gasteiger partial charge is 0.332 e. The molecule has 0 unspecified atom stereocenters. The molecule has 0 atom stereocenters. The van der Waals surface area contributed by atoms with Crippen LogP contribution < -0.4 is 0 Å². The number of nitro benzene ring substituents is 1. The molecule has 0 aliphatic heterocycles. The molecular weight excluding hydrogens is 516 g/mol. The van der Waals surface area contributed by atoms with E-state index in [2.05, 4.69) is 5.16 Å². The van der Waals surface area contributed by atoms with Crippen LogP contribution in [-0.4, -0.2) is 28.2 Å². The Hall–Kier alpha value is -4.89. The van der Waals surface area contributed by atoms with Crippen molar-refractivity contribution in [2.24, 2.45) is 5.16 Å². The molecule has 0 radical (unpaired) electrons. The second-order valence-corrected chi connectivity index (χ2v) is 9.60. The summed E-state index contributed by atoms with van der Waals surface area (Å²) < 4.78 is 0. The molecule has 9 heteroatoms. The van der Waals surface area contributed by atoms with Crippen molar-refractivity contribution < 1.29 is 24.1 Å². The van der Waals surface area contributed by atoms with Crippen LogP contribution in [0, 0.1) is 17.0 Å². The smallest absolute Gasteiger partial charge is 0.318 e. The van der Waals surface area contributed by atoms with Crippen LogP contribution in [0.3, 0.4) is 0 Å². The number of non-ortho nitro benzene ring substituents is 1. The van der Waals surface area contributed by atoms with Gasteiger partial charge in [0.15, 0.2) is 11.5 Å². The van der Waals surface area contributed by atoms with Gasteiger partial charge in [0.1, 0.15) is 0 Å². The Kier molecular flexibility index (Phi) is 8.43. The number of carbonyl (C=O) groups excluding carboxylic acids is 3. The van der Waals surface area contributed by atoms with Crippen molar-refractivity contribution in [3.8, 4) is 0 Å². The standard InChI is InChI=1S/C30H22N2O6S/c1-19-8-13-24(32(36)37)18-27(19)28(31-38-20(2)33)30(35)23-11-16-26(17-12-23)39-25-14-9-22(10-15-25)29(34)21-6-4-3-5-7-21/h3-18H,1-2H3/b31-28+. The molecule has 4 aromatic rings. The third-order valence-corrected chi connectivity index (χ3v) is 6.69. The molecule has 0 fully saturated rings. The highest BCUT2D eigenvalue weighted by molar-refractivity contribution is 7.99. The molecule has 39 heavy (non-hydrogen) atoms. The van der Waals surface area contributed by atoms with Crippen molar-refractivity contribution in [1.29, 1.82) is 0 Å². The van der Waals surface area contributed by atoms with Gasteiger partial charge in [-0.2, -0.15) is 0 Å². The number of Topliss-reactive ketones (excluding diaryl/α,β-unsaturated/α-hetero) is 1. The van der Waals surface area contributed by atoms with Crippen LogP contribution in [-0.2, 0) is 9.63 Å². The van der Waals surface area contributed by atoms with Crippen molar-refractivity contribution in [2.75, 3.05) is 0 Å². The number of hydrogen-bond acceptors (Lipinski definition) is 8. The number of hydrogen-bond donors (Lipinski definition) is 0. The van der Waals surface area contributed by atoms with Crippen LogP contribution in [0.2, 0.25) is 0 Å². The van der Waals surface area contributed by atoms with Gasteiger partial charge in [-0.3, -0.25) is 19.7 Å². The van der Waals surface area contributed by atoms with Crippen LogP contribution in [0.15, 0.2) is 112 Å². The van der Waals surface area contributed by atoms with E-state index in [1.165, 1.54) is 30.0 Å². The lowest BCUT2D eigenvalue weighted by Gasteiger charge is -2.09. The highest BCUT2D eigenvalue weighted by Gasteiger charge is 2.22. The fourth-order valence-corrected chi connectivity index (χ4v) is 4.50. The van der Waals surface area contributed by atoms with Gasteiger partial charge in [0.2, 0.25) is 5.78 Å². The summed E-state index contributed by atoms with van der Waals surface area (Å²) in [5.74, 6) is -1.34. The number of nitrogens with zero attached hydrogens (tertiary/aromatic N) is 2. The summed E-state index contributed by atoms with van der Waals surface area (Å²) in [6.07, 6.45) is 0. The topological polar surface area (TPSA) is 116 Å². The molecule has 0 saturated carbocycles. The maximum atomic E-state index is 13.3. The molecule has 0 amide bonds. The third-order valence-electron chi connectivity index (χ3n) is 5.67. The molecule has 0 spiro atoms. The fourth-order valence-electron chi connectivity index (χ4n) is 3.68. The molecule has 0 saturated heterocycles. The van der Waals surface area contributed by atoms with Crippen LogP contribution >= 0.6 is 11.8 Å². The van der Waals surface area contributed by atoms with Crippen LogP contribution in [0.25, 0.3) is 0 Å². The number of rotatable bonds is 9. The average molecular weight is 539 g/mol. The second-order valence-electron chi connectivity index (χ2n) is 8.45. The normalized spacial score (nSPS) is 11.1. The predicted octanol–water partition coefficient (Wildman–Crippen LogP) is 6.44. The lowest BCUT2D eigenvalue weighted by atomic mass is 9.97. The number of carbonyl (C=O) groups is 3. The molecule has 0 aliphatic carbocycles. The molecule has 0 bridgehead atoms. The minimum Gasteiger partial charge on any atom is -0.318 e. The van der Waals surface area contributed by atoms with Gasteiger partial charge in [-0.05, 0) is 61.0 Å². The van der Waals surface area contributed by atoms with Gasteiger partial charge in [-0.15, -0.1) is 0 Å². The number of benzene rings is 4. The first-order valence-electron chi connectivity index (χ1n) is 11.8. The second kappa shape index (κ2) is 12.1. The zero-order chi connectivity index (χ0) is 27.9. The summed E-state index contributed by atoms with van der Waals surface area (Å²) in [4.78, 5) is 54.5. The summed E-state index contributed by atoms with van der Waals surface area (Å²) in [5.41, 5.74) is 1.78. The van der Waals surface area contributed by atoms with Gasteiger partial charge in [0.05, 0.1) is 4.92 Å². The summed E-state index contributed by atoms with van der Waals surface area (Å²) in [5, 5.41) is 15.0. The Morgan fingerprint density at radius 2 is 1.36 bits per heavy atom. The summed E-state index contributed by atoms with van der Waals surface area (Å²) in [7, 11) is 0. The number of ketones is 2. The summed E-state index contributed by atoms with van der Waals surface area (Å²) in [6, 6.07) is 27.1. The molecule has 8 nitrogen and oxygen atoms in total. The molecule has 194 valence electrons. The van der Waals surface area contributed by atoms with Crippen LogP contribution in [0.1, 0.15) is 44.3 Å². The summed E-state index contributed by atoms with van der Waals surface area (Å²) >= 11 is 1.45. The monoisotopic (exact) mass is 538 g/mol. The van der Waals surface area contributed by atoms with E-state index in [4.69, 9.17) is 4.84 Å². The van der Waals surface area contributed by atoms with Gasteiger partial charge < -0.3 is 4.84 Å². The Morgan fingerprint density at radius 1 is 0.795 bits per heavy atom. The quantitative estimate of drug-likeness (QED) is 0.0792. The van der Waals surface area contributed by atoms with Gasteiger partial charge in [-0.1, -0.05) is 53.3 Å². The first-order valence-corrected chi connectivity index (χ1v) is 12.6. The molecule has 4 rings (SSSR count). The highest BCUT2D eigenvalue weighted by Crippen LogP contribution is 2.29. The van der Waals surface area contributed by atoms with Crippen molar-refractivity contribution in [1.82, 2.24) is 0 Å². The number of oxime groups is 1. The Balaban J connectivity index is 1.53. The van der Waals surface area contributed by atoms with E-state index in [1.54, 1.807) is 55.5 Å². The minimum absolute atomic E-state index is 0.0554. The van der Waals surface area contributed by atoms with E-state index in [0.717, 1.165) is 16.7 Å². The van der Waals surface area contributed by atoms with Crippen molar-refractivity contribution in [3.63, 3.8) is 0 Å². The van der Waals surface area contributed by atoms with E-state index in [-0.39, 0.29) is 28.3 Å². The minimum atomic E-state index is -0.730. The lowest BCUT2D eigenvalue weighted by Crippen LogP contribution is -2.18. The first kappa shape index (κ1) is 27.2. The van der Waals surface area contributed by atoms with Crippen LogP contribution in [0.5, 0.6) is 0 Å². The van der Waals surface area contributed by atoms with E-state index in [0.29, 0.717) is 16.7 Å². The highest BCUT2D eigenvalue weighted by atomic mass is 32.2. The molecule has 0 heterocycles. The van der Waals surface area contributed by atoms with Crippen LogP contribution in [0.4, 0.5) is 5.69 Å². The predicted molar refractivity (Wildman–Crippen MR) is 147 cm³/mol. The molecule has 0 aliphatic rings. The van der Waals surface area contributed by atoms with E-state index < -0.39 is 16.7 Å². The Bertz CT molecular complexity index is 1580. The molecule has 0 N–H and O–H groups in total. The summed E-state index contributed by atoms with van der Waals surface area (Å²) in [6.45, 7) is 2.82. The van der Waals surface area contributed by atoms with Gasteiger partial charge in [0, 0.05) is 51.1 Å². The average Bonchev–Trinajstić information content (AvgIpc) is 2.94.